The van der Waals surface area contributed by atoms with Crippen LogP contribution in [0.4, 0.5) is 13.2 Å². The maximum Gasteiger partial charge on any atom is 0.175 e. The molecule has 0 spiro atoms. The van der Waals surface area contributed by atoms with Gasteiger partial charge in [-0.2, -0.15) is 0 Å². The van der Waals surface area contributed by atoms with E-state index in [1.165, 1.54) is 0 Å². The van der Waals surface area contributed by atoms with Crippen molar-refractivity contribution in [3.8, 4) is 0 Å². The van der Waals surface area contributed by atoms with E-state index in [2.05, 4.69) is 20.9 Å². The van der Waals surface area contributed by atoms with Crippen LogP contribution >= 0.6 is 15.9 Å². The predicted molar refractivity (Wildman–Crippen MR) is 49.3 cm³/mol. The lowest BCUT2D eigenvalue weighted by atomic mass is 10.2. The molecule has 0 bridgehead atoms. The highest BCUT2D eigenvalue weighted by Crippen LogP contribution is 2.27. The Kier molecular flexibility index (Phi) is 2.19. The number of hydrogen-bond donors (Lipinski definition) is 0. The van der Waals surface area contributed by atoms with Crippen molar-refractivity contribution in [2.45, 2.75) is 0 Å². The van der Waals surface area contributed by atoms with Crippen LogP contribution in [0, 0.1) is 17.5 Å². The molecule has 1 nitrogen and oxygen atoms in total. The lowest BCUT2D eigenvalue weighted by Gasteiger charge is -2.02. The van der Waals surface area contributed by atoms with E-state index in [-0.39, 0.29) is 15.4 Å². The van der Waals surface area contributed by atoms with Gasteiger partial charge in [0.05, 0.1) is 16.2 Å². The summed E-state index contributed by atoms with van der Waals surface area (Å²) < 4.78 is 38.5. The Hall–Kier alpha value is -1.10. The Balaban J connectivity index is 2.91. The van der Waals surface area contributed by atoms with Crippen molar-refractivity contribution < 1.29 is 13.2 Å². The second kappa shape index (κ2) is 3.24. The summed E-state index contributed by atoms with van der Waals surface area (Å²) in [5.41, 5.74) is 0.199. The normalized spacial score (nSPS) is 10.9. The van der Waals surface area contributed by atoms with Gasteiger partial charge in [-0.3, -0.25) is 4.98 Å². The largest absolute Gasteiger partial charge is 0.252 e. The number of nitrogens with zero attached hydrogens (tertiary/aromatic N) is 1. The summed E-state index contributed by atoms with van der Waals surface area (Å²) in [5.74, 6) is -2.64. The van der Waals surface area contributed by atoms with E-state index in [4.69, 9.17) is 0 Å². The van der Waals surface area contributed by atoms with Crippen LogP contribution in [0.25, 0.3) is 10.9 Å². The molecule has 0 unspecified atom stereocenters. The molecule has 0 aliphatic heterocycles. The average molecular weight is 262 g/mol. The average Bonchev–Trinajstić information content (AvgIpc) is 2.14. The number of fused-ring (bicyclic) bond motifs is 1. The lowest BCUT2D eigenvalue weighted by Crippen LogP contribution is -1.90. The molecule has 5 heteroatoms. The Morgan fingerprint density at radius 1 is 1.14 bits per heavy atom. The fourth-order valence-corrected chi connectivity index (χ4v) is 1.68. The van der Waals surface area contributed by atoms with Crippen LogP contribution in [-0.2, 0) is 0 Å². The highest BCUT2D eigenvalue weighted by atomic mass is 79.9. The minimum absolute atomic E-state index is 0.0903. The second-order valence-electron chi connectivity index (χ2n) is 2.71. The molecule has 1 heterocycles. The molecule has 0 fully saturated rings. The van der Waals surface area contributed by atoms with Crippen LogP contribution in [0.3, 0.4) is 0 Å². The van der Waals surface area contributed by atoms with Crippen molar-refractivity contribution in [1.29, 1.82) is 0 Å². The van der Waals surface area contributed by atoms with Gasteiger partial charge < -0.3 is 0 Å². The molecule has 1 aromatic heterocycles. The van der Waals surface area contributed by atoms with Gasteiger partial charge in [-0.25, -0.2) is 13.2 Å². The zero-order valence-corrected chi connectivity index (χ0v) is 8.28. The highest BCUT2D eigenvalue weighted by Gasteiger charge is 2.12. The third-order valence-corrected chi connectivity index (χ3v) is 2.50. The summed E-state index contributed by atoms with van der Waals surface area (Å²) in [5, 5.41) is 0.218. The Bertz CT molecular complexity index is 513. The molecule has 0 atom stereocenters. The van der Waals surface area contributed by atoms with Crippen LogP contribution in [-0.4, -0.2) is 4.98 Å². The summed E-state index contributed by atoms with van der Waals surface area (Å²) in [7, 11) is 0. The van der Waals surface area contributed by atoms with Crippen molar-refractivity contribution in [3.05, 3.63) is 40.3 Å². The van der Waals surface area contributed by atoms with E-state index in [1.807, 2.05) is 0 Å². The fourth-order valence-electron chi connectivity index (χ4n) is 1.16. The van der Waals surface area contributed by atoms with Crippen molar-refractivity contribution in [1.82, 2.24) is 4.98 Å². The van der Waals surface area contributed by atoms with Gasteiger partial charge in [-0.15, -0.1) is 0 Å². The molecule has 2 aromatic rings. The van der Waals surface area contributed by atoms with E-state index in [1.54, 1.807) is 0 Å². The summed E-state index contributed by atoms with van der Waals surface area (Å²) >= 11 is 2.86. The van der Waals surface area contributed by atoms with E-state index >= 15 is 0 Å². The summed E-state index contributed by atoms with van der Waals surface area (Å²) in [6.07, 6.45) is 0.949. The molecule has 1 aromatic carbocycles. The van der Waals surface area contributed by atoms with Crippen LogP contribution in [0.2, 0.25) is 0 Å². The van der Waals surface area contributed by atoms with Crippen molar-refractivity contribution in [2.24, 2.45) is 0 Å². The summed E-state index contributed by atoms with van der Waals surface area (Å²) in [6, 6.07) is 2.00. The lowest BCUT2D eigenvalue weighted by molar-refractivity contribution is 0.506. The van der Waals surface area contributed by atoms with Gasteiger partial charge in [0.2, 0.25) is 0 Å². The molecule has 0 radical (unpaired) electrons. The fraction of sp³-hybridized carbons (Fsp3) is 0. The standard InChI is InChI=1S/C9H3BrF3N/c10-7-8(13)6(12)2-4-1-5(11)3-14-9(4)7/h1-3H. The van der Waals surface area contributed by atoms with Crippen LogP contribution in [0.5, 0.6) is 0 Å². The maximum absolute atomic E-state index is 13.0. The third kappa shape index (κ3) is 1.37. The molecular formula is C9H3BrF3N. The van der Waals surface area contributed by atoms with Crippen LogP contribution < -0.4 is 0 Å². The molecule has 14 heavy (non-hydrogen) atoms. The minimum Gasteiger partial charge on any atom is -0.252 e. The minimum atomic E-state index is -1.03. The quantitative estimate of drug-likeness (QED) is 0.663. The number of aromatic nitrogens is 1. The van der Waals surface area contributed by atoms with Gasteiger partial charge in [0.1, 0.15) is 5.82 Å². The van der Waals surface area contributed by atoms with Crippen molar-refractivity contribution in [3.63, 3.8) is 0 Å². The smallest absolute Gasteiger partial charge is 0.175 e. The first kappa shape index (κ1) is 9.45. The Morgan fingerprint density at radius 2 is 1.86 bits per heavy atom. The monoisotopic (exact) mass is 261 g/mol. The number of rotatable bonds is 0. The number of benzene rings is 1. The van der Waals surface area contributed by atoms with Gasteiger partial charge in [0.15, 0.2) is 11.6 Å². The molecule has 2 rings (SSSR count). The van der Waals surface area contributed by atoms with Gasteiger partial charge >= 0.3 is 0 Å². The predicted octanol–water partition coefficient (Wildman–Crippen LogP) is 3.41. The first-order valence-corrected chi connectivity index (χ1v) is 4.47. The Morgan fingerprint density at radius 3 is 2.57 bits per heavy atom. The molecule has 0 saturated heterocycles. The highest BCUT2D eigenvalue weighted by molar-refractivity contribution is 9.10. The number of halogens is 4. The molecule has 0 aliphatic rings. The van der Waals surface area contributed by atoms with Crippen molar-refractivity contribution in [2.75, 3.05) is 0 Å². The first-order chi connectivity index (χ1) is 6.59. The molecular weight excluding hydrogens is 259 g/mol. The van der Waals surface area contributed by atoms with Gasteiger partial charge in [-0.05, 0) is 28.1 Å². The first-order valence-electron chi connectivity index (χ1n) is 3.68. The number of pyridine rings is 1. The molecule has 72 valence electrons. The zero-order chi connectivity index (χ0) is 10.3. The summed E-state index contributed by atoms with van der Waals surface area (Å²) in [6.45, 7) is 0. The Labute approximate surface area is 85.7 Å². The van der Waals surface area contributed by atoms with Crippen molar-refractivity contribution >= 4 is 26.8 Å². The van der Waals surface area contributed by atoms with E-state index in [0.717, 1.165) is 18.3 Å². The van der Waals surface area contributed by atoms with Crippen LogP contribution in [0.1, 0.15) is 0 Å². The molecule has 0 aliphatic carbocycles. The number of hydrogen-bond acceptors (Lipinski definition) is 1. The summed E-state index contributed by atoms with van der Waals surface area (Å²) in [4.78, 5) is 3.65. The maximum atomic E-state index is 13.0. The van der Waals surface area contributed by atoms with Gasteiger partial charge in [0, 0.05) is 5.39 Å². The van der Waals surface area contributed by atoms with Gasteiger partial charge in [0.25, 0.3) is 0 Å². The van der Waals surface area contributed by atoms with E-state index in [9.17, 15) is 13.2 Å². The molecule has 0 amide bonds. The topological polar surface area (TPSA) is 12.9 Å². The SMILES string of the molecule is Fc1cnc2c(Br)c(F)c(F)cc2c1. The van der Waals surface area contributed by atoms with E-state index < -0.39 is 17.5 Å². The molecule has 0 saturated carbocycles. The third-order valence-electron chi connectivity index (χ3n) is 1.78. The zero-order valence-electron chi connectivity index (χ0n) is 6.69. The molecule has 0 N–H and O–H groups in total. The second-order valence-corrected chi connectivity index (χ2v) is 3.50. The van der Waals surface area contributed by atoms with Gasteiger partial charge in [-0.1, -0.05) is 0 Å². The van der Waals surface area contributed by atoms with E-state index in [0.29, 0.717) is 0 Å². The van der Waals surface area contributed by atoms with Crippen LogP contribution in [0.15, 0.2) is 22.8 Å².